The summed E-state index contributed by atoms with van der Waals surface area (Å²) in [6.45, 7) is 1.78. The van der Waals surface area contributed by atoms with Gasteiger partial charge >= 0.3 is 12.1 Å². The van der Waals surface area contributed by atoms with Crippen molar-refractivity contribution in [3.05, 3.63) is 103 Å². The zero-order valence-electron chi connectivity index (χ0n) is 23.2. The molecular weight excluding hydrogens is 647 g/mol. The van der Waals surface area contributed by atoms with Crippen molar-refractivity contribution in [2.24, 2.45) is 0 Å². The highest BCUT2D eigenvalue weighted by atomic mass is 35.5. The second kappa shape index (κ2) is 15.3. The Balaban J connectivity index is 0.000000233. The van der Waals surface area contributed by atoms with Crippen molar-refractivity contribution in [1.29, 1.82) is 0 Å². The second-order valence-corrected chi connectivity index (χ2v) is 11.1. The molecule has 0 spiro atoms. The molecule has 1 heterocycles. The average molecular weight is 675 g/mol. The summed E-state index contributed by atoms with van der Waals surface area (Å²) in [6, 6.07) is 13.8. The summed E-state index contributed by atoms with van der Waals surface area (Å²) in [7, 11) is 0. The number of carbonyl (C=O) groups is 1. The minimum atomic E-state index is -4.40. The van der Waals surface area contributed by atoms with Crippen molar-refractivity contribution in [2.75, 3.05) is 26.3 Å². The first kappa shape index (κ1) is 33.9. The Bertz CT molecular complexity index is 1470. The van der Waals surface area contributed by atoms with Crippen molar-refractivity contribution in [3.63, 3.8) is 0 Å². The Morgan fingerprint density at radius 2 is 1.66 bits per heavy atom. The van der Waals surface area contributed by atoms with Gasteiger partial charge < -0.3 is 25.2 Å². The molecule has 3 aromatic rings. The molecule has 2 N–H and O–H groups in total. The molecule has 2 aliphatic rings. The lowest BCUT2D eigenvalue weighted by Crippen LogP contribution is -2.28. The smallest absolute Gasteiger partial charge is 0.417 e. The second-order valence-electron chi connectivity index (χ2n) is 9.96. The number of carboxylic acid groups (broad SMARTS) is 1. The Morgan fingerprint density at radius 3 is 2.27 bits per heavy atom. The fraction of sp³-hybridized carbons (Fsp3) is 0.323. The van der Waals surface area contributed by atoms with E-state index in [1.54, 1.807) is 18.2 Å². The van der Waals surface area contributed by atoms with Gasteiger partial charge in [0.2, 0.25) is 0 Å². The summed E-state index contributed by atoms with van der Waals surface area (Å²) in [4.78, 5) is 11.4. The molecule has 6 nitrogen and oxygen atoms in total. The minimum absolute atomic E-state index is 0.0961. The van der Waals surface area contributed by atoms with Crippen LogP contribution >= 0.6 is 34.8 Å². The highest BCUT2D eigenvalue weighted by molar-refractivity contribution is 6.37. The van der Waals surface area contributed by atoms with Gasteiger partial charge in [0.05, 0.1) is 26.2 Å². The lowest BCUT2D eigenvalue weighted by molar-refractivity contribution is -0.137. The van der Waals surface area contributed by atoms with Crippen LogP contribution < -0.4 is 14.8 Å². The molecule has 0 radical (unpaired) electrons. The van der Waals surface area contributed by atoms with Crippen molar-refractivity contribution in [1.82, 2.24) is 5.32 Å². The monoisotopic (exact) mass is 673 g/mol. The Kier molecular flexibility index (Phi) is 11.8. The van der Waals surface area contributed by atoms with E-state index in [1.165, 1.54) is 6.07 Å². The number of alkyl halides is 3. The van der Waals surface area contributed by atoms with Crippen LogP contribution in [0.2, 0.25) is 15.1 Å². The van der Waals surface area contributed by atoms with E-state index in [-0.39, 0.29) is 40.6 Å². The Labute approximate surface area is 266 Å². The van der Waals surface area contributed by atoms with Gasteiger partial charge in [-0.1, -0.05) is 71.9 Å². The van der Waals surface area contributed by atoms with Gasteiger partial charge in [0.1, 0.15) is 24.8 Å². The van der Waals surface area contributed by atoms with E-state index in [2.05, 4.69) is 10.6 Å². The molecule has 0 unspecified atom stereocenters. The van der Waals surface area contributed by atoms with E-state index in [9.17, 15) is 27.5 Å². The van der Waals surface area contributed by atoms with Crippen LogP contribution in [0.25, 0.3) is 10.9 Å². The zero-order valence-corrected chi connectivity index (χ0v) is 25.5. The molecule has 0 bridgehead atoms. The van der Waals surface area contributed by atoms with Crippen molar-refractivity contribution in [2.45, 2.75) is 38.0 Å². The maximum atomic E-state index is 13.2. The largest absolute Gasteiger partial charge is 0.656 e. The van der Waals surface area contributed by atoms with Gasteiger partial charge in [0, 0.05) is 6.54 Å². The molecule has 1 saturated carbocycles. The SMILES string of the molecule is FC(F)(F)c1cccc(C[N-]C2CC2)c1Cl.O=C(O)C1=C(c2ccc(OCCOc3c(Cl)cc(F)cc3Cl)cc2)CCNC1. The van der Waals surface area contributed by atoms with Crippen molar-refractivity contribution < 1.29 is 36.9 Å². The number of hydrogen-bond acceptors (Lipinski definition) is 4. The van der Waals surface area contributed by atoms with Gasteiger partial charge in [-0.2, -0.15) is 13.2 Å². The van der Waals surface area contributed by atoms with Gasteiger partial charge in [0.25, 0.3) is 0 Å². The third-order valence-corrected chi connectivity index (χ3v) is 7.70. The molecule has 3 aromatic carbocycles. The van der Waals surface area contributed by atoms with Gasteiger partial charge in [-0.3, -0.25) is 0 Å². The zero-order chi connectivity index (χ0) is 31.9. The first-order chi connectivity index (χ1) is 20.9. The predicted molar refractivity (Wildman–Crippen MR) is 162 cm³/mol. The maximum Gasteiger partial charge on any atom is 0.417 e. The molecular formula is C31H28Cl3F4N2O4-. The highest BCUT2D eigenvalue weighted by Gasteiger charge is 2.33. The Morgan fingerprint density at radius 1 is 1.00 bits per heavy atom. The third-order valence-electron chi connectivity index (χ3n) is 6.69. The average Bonchev–Trinajstić information content (AvgIpc) is 3.80. The summed E-state index contributed by atoms with van der Waals surface area (Å²) >= 11 is 17.5. The van der Waals surface area contributed by atoms with Crippen molar-refractivity contribution in [3.8, 4) is 11.5 Å². The number of ether oxygens (including phenoxy) is 2. The number of hydrogen-bond donors (Lipinski definition) is 2. The molecule has 5 rings (SSSR count). The molecule has 0 saturated heterocycles. The summed E-state index contributed by atoms with van der Waals surface area (Å²) < 4.78 is 61.8. The highest BCUT2D eigenvalue weighted by Crippen LogP contribution is 2.38. The van der Waals surface area contributed by atoms with E-state index >= 15 is 0 Å². The number of halogens is 7. The predicted octanol–water partition coefficient (Wildman–Crippen LogP) is 8.82. The van der Waals surface area contributed by atoms with Crippen molar-refractivity contribution >= 4 is 46.3 Å². The van der Waals surface area contributed by atoms with Crippen LogP contribution in [-0.4, -0.2) is 43.4 Å². The molecule has 0 amide bonds. The third kappa shape index (κ3) is 9.49. The summed E-state index contributed by atoms with van der Waals surface area (Å²) in [6.07, 6.45) is -1.66. The molecule has 13 heteroatoms. The summed E-state index contributed by atoms with van der Waals surface area (Å²) in [5.41, 5.74) is 1.76. The van der Waals surface area contributed by atoms with E-state index in [1.807, 2.05) is 12.1 Å². The first-order valence-electron chi connectivity index (χ1n) is 13.6. The van der Waals surface area contributed by atoms with Crippen LogP contribution in [-0.2, 0) is 17.5 Å². The number of benzene rings is 3. The quantitative estimate of drug-likeness (QED) is 0.166. The topological polar surface area (TPSA) is 81.9 Å². The van der Waals surface area contributed by atoms with E-state index in [4.69, 9.17) is 44.3 Å². The van der Waals surface area contributed by atoms with Gasteiger partial charge in [-0.15, -0.1) is 12.6 Å². The fourth-order valence-corrected chi connectivity index (χ4v) is 5.20. The van der Waals surface area contributed by atoms with Gasteiger partial charge in [-0.25, -0.2) is 9.18 Å². The number of carboxylic acids is 1. The van der Waals surface area contributed by atoms with E-state index in [0.717, 1.165) is 48.7 Å². The number of nitrogens with one attached hydrogen (secondary N) is 1. The first-order valence-corrected chi connectivity index (χ1v) is 14.7. The molecule has 0 atom stereocenters. The van der Waals surface area contributed by atoms with Gasteiger partial charge in [0.15, 0.2) is 5.75 Å². The van der Waals surface area contributed by atoms with Crippen LogP contribution in [0.5, 0.6) is 11.5 Å². The number of rotatable bonds is 10. The van der Waals surface area contributed by atoms with E-state index in [0.29, 0.717) is 35.9 Å². The van der Waals surface area contributed by atoms with Crippen LogP contribution in [0.3, 0.4) is 0 Å². The molecule has 1 fully saturated rings. The van der Waals surface area contributed by atoms with Crippen LogP contribution in [0.4, 0.5) is 17.6 Å². The van der Waals surface area contributed by atoms with Gasteiger partial charge in [-0.05, 0) is 60.0 Å². The Hall–Kier alpha value is -3.02. The lowest BCUT2D eigenvalue weighted by atomic mass is 9.94. The van der Waals surface area contributed by atoms with Crippen LogP contribution in [0, 0.1) is 5.82 Å². The van der Waals surface area contributed by atoms with E-state index < -0.39 is 23.5 Å². The minimum Gasteiger partial charge on any atom is -0.656 e. The number of nitrogens with zero attached hydrogens (tertiary/aromatic N) is 1. The summed E-state index contributed by atoms with van der Waals surface area (Å²) in [5, 5.41) is 16.6. The van der Waals surface area contributed by atoms with Crippen LogP contribution in [0.15, 0.2) is 60.2 Å². The summed E-state index contributed by atoms with van der Waals surface area (Å²) in [5.74, 6) is -0.607. The molecule has 1 aliphatic heterocycles. The normalized spacial score (nSPS) is 15.0. The maximum absolute atomic E-state index is 13.2. The molecule has 44 heavy (non-hydrogen) atoms. The van der Waals surface area contributed by atoms with Crippen LogP contribution in [0.1, 0.15) is 36.0 Å². The standard InChI is InChI=1S/C20H18Cl2FNO4.C11H10ClF3N/c21-17-9-13(23)10-18(22)19(17)28-8-7-27-14-3-1-12(2-4-14)15-5-6-24-11-16(15)20(25)26;12-10-7(6-16-8-4-5-8)2-1-3-9(10)11(13,14)15/h1-4,9-10,24H,5-8,11H2,(H,25,26);1-3,8H,4-6H2/q;-1. The molecule has 236 valence electrons. The lowest BCUT2D eigenvalue weighted by Gasteiger charge is -2.20. The molecule has 0 aromatic heterocycles. The number of aliphatic carboxylic acids is 1. The fourth-order valence-electron chi connectivity index (χ4n) is 4.34. The molecule has 1 aliphatic carbocycles.